The van der Waals surface area contributed by atoms with E-state index < -0.39 is 0 Å². The molecule has 18 aromatic rings. The fourth-order valence-electron chi connectivity index (χ4n) is 20.5. The Morgan fingerprint density at radius 3 is 0.993 bits per heavy atom. The third kappa shape index (κ3) is 18.0. The molecule has 20 rings (SSSR count). The molecule has 0 saturated carbocycles. The summed E-state index contributed by atoms with van der Waals surface area (Å²) in [5.74, 6) is 1.86. The molecule has 706 valence electrons. The molecular formula is C129H126N6O2Pt2-2. The van der Waals surface area contributed by atoms with Crippen LogP contribution in [0.1, 0.15) is 233 Å². The number of phenolic OH excluding ortho intramolecular Hbond substituents is 2. The fourth-order valence-corrected chi connectivity index (χ4v) is 20.5. The van der Waals surface area contributed by atoms with E-state index in [0.717, 1.165) is 139 Å². The average molecular weight is 2180 g/mol. The van der Waals surface area contributed by atoms with Crippen LogP contribution in [0.3, 0.4) is 0 Å². The zero-order chi connectivity index (χ0) is 96.9. The van der Waals surface area contributed by atoms with Gasteiger partial charge in [-0.2, -0.15) is 0 Å². The zero-order valence-corrected chi connectivity index (χ0v) is 89.3. The van der Waals surface area contributed by atoms with Gasteiger partial charge in [-0.15, -0.1) is 53.1 Å². The predicted octanol–water partition coefficient (Wildman–Crippen LogP) is 33.6. The topological polar surface area (TPSA) is 102 Å². The van der Waals surface area contributed by atoms with Gasteiger partial charge in [-0.25, -0.2) is 9.97 Å². The Hall–Kier alpha value is -12.7. The molecular weight excluding hydrogens is 2060 g/mol. The second kappa shape index (κ2) is 36.2. The molecule has 4 aromatic heterocycles. The van der Waals surface area contributed by atoms with Crippen LogP contribution < -0.4 is 0 Å². The number of nitrogens with zero attached hydrogens (tertiary/aromatic N) is 6. The maximum absolute atomic E-state index is 12.7. The molecule has 14 aromatic carbocycles. The molecule has 0 fully saturated rings. The number of fused-ring (bicyclic) bond motifs is 8. The van der Waals surface area contributed by atoms with Gasteiger partial charge in [-0.3, -0.25) is 19.1 Å². The van der Waals surface area contributed by atoms with E-state index in [-0.39, 0.29) is 102 Å². The molecule has 0 unspecified atom stereocenters. The van der Waals surface area contributed by atoms with Gasteiger partial charge in [-0.05, 0) is 170 Å². The summed E-state index contributed by atoms with van der Waals surface area (Å²) in [6.45, 7) is 53.8. The first-order valence-electron chi connectivity index (χ1n) is 48.5. The summed E-state index contributed by atoms with van der Waals surface area (Å²) >= 11 is 0. The van der Waals surface area contributed by atoms with Crippen LogP contribution in [-0.4, -0.2) is 39.3 Å². The summed E-state index contributed by atoms with van der Waals surface area (Å²) in [6.07, 6.45) is 4.16. The molecule has 2 N–H and O–H groups in total. The van der Waals surface area contributed by atoms with Gasteiger partial charge < -0.3 is 10.2 Å². The first-order chi connectivity index (χ1) is 64.8. The molecule has 2 aliphatic rings. The number of para-hydroxylation sites is 2. The first-order valence-corrected chi connectivity index (χ1v) is 48.5. The quantitative estimate of drug-likeness (QED) is 0.112. The second-order valence-corrected chi connectivity index (χ2v) is 45.7. The van der Waals surface area contributed by atoms with Gasteiger partial charge in [0.15, 0.2) is 0 Å². The minimum absolute atomic E-state index is 0. The molecule has 4 heterocycles. The number of rotatable bonds is 13. The van der Waals surface area contributed by atoms with Crippen molar-refractivity contribution in [1.29, 1.82) is 0 Å². The summed E-state index contributed by atoms with van der Waals surface area (Å²) in [5.41, 5.74) is 37.8. The molecule has 0 bridgehead atoms. The largest absolute Gasteiger partial charge is 0.507 e. The van der Waals surface area contributed by atoms with Gasteiger partial charge in [0.05, 0.1) is 44.6 Å². The summed E-state index contributed by atoms with van der Waals surface area (Å²) in [4.78, 5) is 21.9. The van der Waals surface area contributed by atoms with Crippen LogP contribution in [0.15, 0.2) is 316 Å². The Kier molecular flexibility index (Phi) is 25.5. The van der Waals surface area contributed by atoms with Crippen molar-refractivity contribution in [2.24, 2.45) is 0 Å². The van der Waals surface area contributed by atoms with Crippen molar-refractivity contribution in [2.75, 3.05) is 0 Å². The van der Waals surface area contributed by atoms with Gasteiger partial charge in [0.2, 0.25) is 0 Å². The Morgan fingerprint density at radius 2 is 0.597 bits per heavy atom. The standard InChI is InChI=1S/C66H66N3O.C63H60N3O.2Pt/c1-62(2,3)45-31-32-57(50(36-45)41-23-16-14-17-24-41)69-58-30-22-28-48(59(58)68-61(69)52-37-46(63(4,5)6)38-54(60(52)70)64(7,8)9)42-33-43(35-47(34-42)65(10,11)44-25-18-15-19-26-44)56-39-51-49-27-20-21-29-53(49)66(12,13)55(51)40-67-56;1-60(2,3)44-29-30-55(48(34-44)40-23-16-13-17-24-40)66-56-28-20-26-46(57(56)65-59(66)50-35-45(61(4,5)6)36-52(58(50)67)62(7,8)9)42-31-41(39-21-14-12-15-22-39)32-43(33-42)54-37-49-47-25-18-19-27-51(47)63(10,11)53(49)38-64-54;;/h14-32,34-40,70H,1-13H3;12-32,34-38,67H,1-11H3;;/q2*-1;;. The summed E-state index contributed by atoms with van der Waals surface area (Å²) < 4.78 is 4.58. The van der Waals surface area contributed by atoms with E-state index in [9.17, 15) is 10.2 Å². The van der Waals surface area contributed by atoms with E-state index in [4.69, 9.17) is 19.9 Å². The Labute approximate surface area is 852 Å². The molecule has 0 spiro atoms. The zero-order valence-electron chi connectivity index (χ0n) is 84.7. The van der Waals surface area contributed by atoms with Gasteiger partial charge in [0, 0.05) is 104 Å². The summed E-state index contributed by atoms with van der Waals surface area (Å²) in [6, 6.07) is 117. The predicted molar refractivity (Wildman–Crippen MR) is 574 cm³/mol. The molecule has 139 heavy (non-hydrogen) atoms. The third-order valence-corrected chi connectivity index (χ3v) is 28.9. The number of phenols is 2. The van der Waals surface area contributed by atoms with Crippen molar-refractivity contribution in [3.8, 4) is 146 Å². The van der Waals surface area contributed by atoms with Crippen LogP contribution in [-0.2, 0) is 90.9 Å². The number of hydrogen-bond acceptors (Lipinski definition) is 6. The van der Waals surface area contributed by atoms with Crippen molar-refractivity contribution < 1.29 is 52.3 Å². The number of benzene rings is 14. The fraction of sp³-hybridized carbons (Fsp3) is 0.256. The van der Waals surface area contributed by atoms with Crippen LogP contribution in [0.25, 0.3) is 157 Å². The molecule has 2 aliphatic carbocycles. The minimum Gasteiger partial charge on any atom is -0.507 e. The van der Waals surface area contributed by atoms with E-state index in [1.165, 1.54) is 61.2 Å². The third-order valence-electron chi connectivity index (χ3n) is 28.9. The Balaban J connectivity index is 0.000000189. The molecule has 8 nitrogen and oxygen atoms in total. The van der Waals surface area contributed by atoms with Crippen LogP contribution in [0.5, 0.6) is 11.5 Å². The molecule has 10 heteroatoms. The van der Waals surface area contributed by atoms with Crippen molar-refractivity contribution in [1.82, 2.24) is 29.1 Å². The van der Waals surface area contributed by atoms with Crippen LogP contribution in [0.4, 0.5) is 0 Å². The average Bonchev–Trinajstić information content (AvgIpc) is 1.60. The van der Waals surface area contributed by atoms with Crippen LogP contribution >= 0.6 is 0 Å². The van der Waals surface area contributed by atoms with E-state index >= 15 is 0 Å². The maximum Gasteiger partial charge on any atom is 0.148 e. The Bertz CT molecular complexity index is 7780. The van der Waals surface area contributed by atoms with Gasteiger partial charge in [0.1, 0.15) is 23.1 Å². The van der Waals surface area contributed by atoms with Gasteiger partial charge in [-0.1, -0.05) is 425 Å². The number of aromatic nitrogens is 6. The van der Waals surface area contributed by atoms with E-state index in [0.29, 0.717) is 22.8 Å². The van der Waals surface area contributed by atoms with Crippen molar-refractivity contribution in [2.45, 2.75) is 215 Å². The van der Waals surface area contributed by atoms with Crippen molar-refractivity contribution >= 4 is 22.1 Å². The molecule has 0 aliphatic heterocycles. The van der Waals surface area contributed by atoms with Crippen molar-refractivity contribution in [3.05, 3.63) is 395 Å². The first kappa shape index (κ1) is 97.9. The van der Waals surface area contributed by atoms with E-state index in [1.807, 2.05) is 0 Å². The minimum atomic E-state index is -0.370. The molecule has 0 saturated heterocycles. The SMILES string of the molecule is CC(C)(C)c1ccc(-n2c(-c3cc(C(C)(C)C)cc(C(C)(C)C)c3O)nc3c(-c4[c-]c(-c5cc6c(cn5)C(C)(C)c5ccccc5-6)cc(-c5ccccc5)c4)cccc32)c(-c2ccccc2)c1.CC(C)(C)c1ccc(-n2c(-c3cc(C(C)(C)C)cc(C(C)(C)C)c3O)nc3c(-c4[c-]c(-c5cc6c(cn5)C(C)(C)c5ccccc5-6)cc(C(C)(C)c5ccccc5)c4)cccc32)c(-c2ccccc2)c1.[Pt].[Pt]. The monoisotopic (exact) mass is 2180 g/mol. The van der Waals surface area contributed by atoms with Crippen molar-refractivity contribution in [3.63, 3.8) is 0 Å². The normalized spacial score (nSPS) is 13.4. The second-order valence-electron chi connectivity index (χ2n) is 45.7. The van der Waals surface area contributed by atoms with Gasteiger partial charge >= 0.3 is 0 Å². The van der Waals surface area contributed by atoms with Gasteiger partial charge in [0.25, 0.3) is 0 Å². The Morgan fingerprint density at radius 1 is 0.259 bits per heavy atom. The number of imidazole rings is 2. The van der Waals surface area contributed by atoms with Crippen LogP contribution in [0.2, 0.25) is 0 Å². The number of pyridine rings is 2. The smallest absolute Gasteiger partial charge is 0.148 e. The van der Waals surface area contributed by atoms with E-state index in [2.05, 4.69) is 503 Å². The number of hydrogen-bond donors (Lipinski definition) is 2. The van der Waals surface area contributed by atoms with E-state index in [1.54, 1.807) is 0 Å². The molecule has 0 amide bonds. The molecule has 0 atom stereocenters. The number of aromatic hydroxyl groups is 2. The summed E-state index contributed by atoms with van der Waals surface area (Å²) in [7, 11) is 0. The molecule has 0 radical (unpaired) electrons. The van der Waals surface area contributed by atoms with Crippen LogP contribution in [0, 0.1) is 12.1 Å². The summed E-state index contributed by atoms with van der Waals surface area (Å²) in [5, 5.41) is 25.3. The maximum atomic E-state index is 12.7.